The Hall–Kier alpha value is -2.70. The van der Waals surface area contributed by atoms with Gasteiger partial charge in [-0.3, -0.25) is 9.59 Å². The van der Waals surface area contributed by atoms with Crippen LogP contribution in [0.5, 0.6) is 0 Å². The van der Waals surface area contributed by atoms with Crippen LogP contribution < -0.4 is 5.32 Å². The van der Waals surface area contributed by atoms with Gasteiger partial charge in [-0.05, 0) is 56.0 Å². The predicted molar refractivity (Wildman–Crippen MR) is 110 cm³/mol. The summed E-state index contributed by atoms with van der Waals surface area (Å²) < 4.78 is 11.3. The zero-order valence-electron chi connectivity index (χ0n) is 16.8. The summed E-state index contributed by atoms with van der Waals surface area (Å²) in [5, 5.41) is 12.2. The zero-order chi connectivity index (χ0) is 20.9. The van der Waals surface area contributed by atoms with E-state index in [0.717, 1.165) is 18.4 Å². The van der Waals surface area contributed by atoms with Crippen molar-refractivity contribution in [2.45, 2.75) is 44.8 Å². The standard InChI is InChI=1S/C23H27NO5/c1-23(2,22(26)27)17-7-9-18(10-8-17)24-21(25)20-6-4-3-5-16(20)15-29-19-11-13-28-14-12-19/h3-10,19H,11-15H2,1-2H3,(H,24,25)(H,26,27). The molecule has 0 aromatic heterocycles. The number of hydrogen-bond acceptors (Lipinski definition) is 4. The van der Waals surface area contributed by atoms with Gasteiger partial charge < -0.3 is 19.9 Å². The highest BCUT2D eigenvalue weighted by Crippen LogP contribution is 2.25. The summed E-state index contributed by atoms with van der Waals surface area (Å²) in [5.41, 5.74) is 1.69. The van der Waals surface area contributed by atoms with Gasteiger partial charge in [0.15, 0.2) is 0 Å². The second kappa shape index (κ2) is 9.20. The molecule has 0 saturated carbocycles. The topological polar surface area (TPSA) is 84.9 Å². The Morgan fingerprint density at radius 2 is 1.76 bits per heavy atom. The molecule has 2 aromatic carbocycles. The van der Waals surface area contributed by atoms with Crippen LogP contribution in [0.1, 0.15) is 48.2 Å². The van der Waals surface area contributed by atoms with Crippen molar-refractivity contribution in [2.24, 2.45) is 0 Å². The van der Waals surface area contributed by atoms with Gasteiger partial charge in [0.25, 0.3) is 5.91 Å². The molecule has 3 rings (SSSR count). The Morgan fingerprint density at radius 3 is 2.41 bits per heavy atom. The number of rotatable bonds is 7. The average molecular weight is 397 g/mol. The normalized spacial score (nSPS) is 15.1. The van der Waals surface area contributed by atoms with Crippen LogP contribution in [0.25, 0.3) is 0 Å². The van der Waals surface area contributed by atoms with E-state index in [0.29, 0.717) is 36.6 Å². The fourth-order valence-corrected chi connectivity index (χ4v) is 3.21. The first-order valence-electron chi connectivity index (χ1n) is 9.80. The number of hydrogen-bond donors (Lipinski definition) is 2. The van der Waals surface area contributed by atoms with Crippen LogP contribution in [0.3, 0.4) is 0 Å². The maximum absolute atomic E-state index is 12.8. The fourth-order valence-electron chi connectivity index (χ4n) is 3.21. The molecular weight excluding hydrogens is 370 g/mol. The average Bonchev–Trinajstić information content (AvgIpc) is 2.73. The van der Waals surface area contributed by atoms with Crippen molar-refractivity contribution in [2.75, 3.05) is 18.5 Å². The third kappa shape index (κ3) is 5.22. The third-order valence-electron chi connectivity index (χ3n) is 5.30. The molecule has 2 aromatic rings. The molecule has 1 saturated heterocycles. The highest BCUT2D eigenvalue weighted by Gasteiger charge is 2.29. The van der Waals surface area contributed by atoms with Crippen LogP contribution in [0.4, 0.5) is 5.69 Å². The quantitative estimate of drug-likeness (QED) is 0.738. The first kappa shape index (κ1) is 21.0. The number of benzene rings is 2. The van der Waals surface area contributed by atoms with Crippen molar-refractivity contribution in [3.63, 3.8) is 0 Å². The monoisotopic (exact) mass is 397 g/mol. The molecule has 2 N–H and O–H groups in total. The van der Waals surface area contributed by atoms with Crippen LogP contribution in [0.15, 0.2) is 48.5 Å². The van der Waals surface area contributed by atoms with Crippen molar-refractivity contribution in [1.82, 2.24) is 0 Å². The number of carboxylic acid groups (broad SMARTS) is 1. The number of aliphatic carboxylic acids is 1. The lowest BCUT2D eigenvalue weighted by Gasteiger charge is -2.23. The summed E-state index contributed by atoms with van der Waals surface area (Å²) in [4.78, 5) is 24.2. The Morgan fingerprint density at radius 1 is 1.10 bits per heavy atom. The Labute approximate surface area is 170 Å². The molecule has 0 atom stereocenters. The summed E-state index contributed by atoms with van der Waals surface area (Å²) in [6.07, 6.45) is 1.89. The number of ether oxygens (including phenoxy) is 2. The van der Waals surface area contributed by atoms with E-state index in [2.05, 4.69) is 5.32 Å². The Bertz CT molecular complexity index is 854. The van der Waals surface area contributed by atoms with E-state index >= 15 is 0 Å². The van der Waals surface area contributed by atoms with Gasteiger partial charge in [-0.15, -0.1) is 0 Å². The molecule has 154 valence electrons. The van der Waals surface area contributed by atoms with E-state index in [1.807, 2.05) is 18.2 Å². The van der Waals surface area contributed by atoms with E-state index in [1.165, 1.54) is 0 Å². The third-order valence-corrected chi connectivity index (χ3v) is 5.30. The van der Waals surface area contributed by atoms with E-state index in [-0.39, 0.29) is 12.0 Å². The number of carbonyl (C=O) groups excluding carboxylic acids is 1. The molecule has 0 spiro atoms. The fraction of sp³-hybridized carbons (Fsp3) is 0.391. The highest BCUT2D eigenvalue weighted by atomic mass is 16.5. The molecule has 1 heterocycles. The SMILES string of the molecule is CC(C)(C(=O)O)c1ccc(NC(=O)c2ccccc2COC2CCOCC2)cc1. The molecule has 0 unspecified atom stereocenters. The van der Waals surface area contributed by atoms with Gasteiger partial charge in [0, 0.05) is 24.5 Å². The zero-order valence-corrected chi connectivity index (χ0v) is 16.8. The smallest absolute Gasteiger partial charge is 0.313 e. The molecule has 6 nitrogen and oxygen atoms in total. The molecule has 1 fully saturated rings. The molecule has 29 heavy (non-hydrogen) atoms. The molecule has 0 aliphatic carbocycles. The number of amides is 1. The van der Waals surface area contributed by atoms with Gasteiger partial charge in [-0.25, -0.2) is 0 Å². The van der Waals surface area contributed by atoms with Crippen LogP contribution in [0.2, 0.25) is 0 Å². The number of carboxylic acids is 1. The molecule has 0 bridgehead atoms. The summed E-state index contributed by atoms with van der Waals surface area (Å²) in [5.74, 6) is -1.12. The summed E-state index contributed by atoms with van der Waals surface area (Å²) in [7, 11) is 0. The van der Waals surface area contributed by atoms with E-state index in [4.69, 9.17) is 9.47 Å². The van der Waals surface area contributed by atoms with Gasteiger partial charge >= 0.3 is 5.97 Å². The highest BCUT2D eigenvalue weighted by molar-refractivity contribution is 6.05. The van der Waals surface area contributed by atoms with Crippen LogP contribution in [0, 0.1) is 0 Å². The van der Waals surface area contributed by atoms with Crippen molar-refractivity contribution in [1.29, 1.82) is 0 Å². The molecule has 1 aliphatic heterocycles. The number of nitrogens with one attached hydrogen (secondary N) is 1. The van der Waals surface area contributed by atoms with Crippen molar-refractivity contribution >= 4 is 17.6 Å². The van der Waals surface area contributed by atoms with Crippen LogP contribution in [-0.4, -0.2) is 36.3 Å². The van der Waals surface area contributed by atoms with Gasteiger partial charge in [-0.1, -0.05) is 30.3 Å². The lowest BCUT2D eigenvalue weighted by atomic mass is 9.85. The van der Waals surface area contributed by atoms with Crippen LogP contribution in [-0.2, 0) is 26.3 Å². The first-order valence-corrected chi connectivity index (χ1v) is 9.80. The Balaban J connectivity index is 1.67. The van der Waals surface area contributed by atoms with E-state index in [1.54, 1.807) is 44.2 Å². The second-order valence-corrected chi connectivity index (χ2v) is 7.74. The summed E-state index contributed by atoms with van der Waals surface area (Å²) in [6, 6.07) is 14.3. The summed E-state index contributed by atoms with van der Waals surface area (Å²) in [6.45, 7) is 5.10. The van der Waals surface area contributed by atoms with E-state index < -0.39 is 11.4 Å². The molecule has 0 radical (unpaired) electrons. The Kier molecular flexibility index (Phi) is 6.67. The van der Waals surface area contributed by atoms with Crippen LogP contribution >= 0.6 is 0 Å². The first-order chi connectivity index (χ1) is 13.9. The minimum atomic E-state index is -0.989. The molecule has 6 heteroatoms. The number of carbonyl (C=O) groups is 2. The lowest BCUT2D eigenvalue weighted by molar-refractivity contribution is -0.142. The minimum Gasteiger partial charge on any atom is -0.481 e. The maximum atomic E-state index is 12.8. The number of anilines is 1. The van der Waals surface area contributed by atoms with Crippen molar-refractivity contribution in [3.05, 3.63) is 65.2 Å². The summed E-state index contributed by atoms with van der Waals surface area (Å²) >= 11 is 0. The van der Waals surface area contributed by atoms with Gasteiger partial charge in [0.05, 0.1) is 18.1 Å². The largest absolute Gasteiger partial charge is 0.481 e. The minimum absolute atomic E-state index is 0.157. The maximum Gasteiger partial charge on any atom is 0.313 e. The van der Waals surface area contributed by atoms with E-state index in [9.17, 15) is 14.7 Å². The van der Waals surface area contributed by atoms with Gasteiger partial charge in [-0.2, -0.15) is 0 Å². The lowest BCUT2D eigenvalue weighted by Crippen LogP contribution is -2.28. The van der Waals surface area contributed by atoms with Crippen molar-refractivity contribution < 1.29 is 24.2 Å². The molecule has 1 amide bonds. The van der Waals surface area contributed by atoms with Crippen molar-refractivity contribution in [3.8, 4) is 0 Å². The predicted octanol–water partition coefficient (Wildman–Crippen LogP) is 4.00. The molecular formula is C23H27NO5. The van der Waals surface area contributed by atoms with Gasteiger partial charge in [0.2, 0.25) is 0 Å². The van der Waals surface area contributed by atoms with Gasteiger partial charge in [0.1, 0.15) is 0 Å². The molecule has 1 aliphatic rings. The second-order valence-electron chi connectivity index (χ2n) is 7.74.